The first kappa shape index (κ1) is 19.0. The highest BCUT2D eigenvalue weighted by Gasteiger charge is 2.39. The second-order valence-corrected chi connectivity index (χ2v) is 7.39. The third kappa shape index (κ3) is 4.18. The highest BCUT2D eigenvalue weighted by atomic mass is 32.2. The minimum absolute atomic E-state index is 0.382. The van der Waals surface area contributed by atoms with Crippen LogP contribution in [0.2, 0.25) is 0 Å². The summed E-state index contributed by atoms with van der Waals surface area (Å²) >= 11 is 0. The third-order valence-corrected chi connectivity index (χ3v) is 5.07. The number of sulfonamides is 1. The average molecular weight is 369 g/mol. The first-order chi connectivity index (χ1) is 11.7. The summed E-state index contributed by atoms with van der Waals surface area (Å²) < 4.78 is 31.9. The summed E-state index contributed by atoms with van der Waals surface area (Å²) in [4.78, 5) is 25.4. The van der Waals surface area contributed by atoms with Crippen molar-refractivity contribution >= 4 is 21.9 Å². The van der Waals surface area contributed by atoms with Gasteiger partial charge in [0.05, 0.1) is 6.07 Å². The maximum atomic E-state index is 12.3. The number of carbonyl (C=O) groups is 2. The highest BCUT2D eigenvalue weighted by molar-refractivity contribution is 7.89. The van der Waals surface area contributed by atoms with Crippen LogP contribution in [0.1, 0.15) is 42.7 Å². The van der Waals surface area contributed by atoms with Crippen LogP contribution in [0.5, 0.6) is 0 Å². The zero-order valence-corrected chi connectivity index (χ0v) is 14.5. The molecule has 0 aromatic carbocycles. The van der Waals surface area contributed by atoms with Gasteiger partial charge in [0.1, 0.15) is 5.54 Å². The van der Waals surface area contributed by atoms with E-state index >= 15 is 0 Å². The van der Waals surface area contributed by atoms with Gasteiger partial charge < -0.3 is 14.1 Å². The lowest BCUT2D eigenvalue weighted by Crippen LogP contribution is -2.51. The van der Waals surface area contributed by atoms with Crippen LogP contribution in [0.3, 0.4) is 0 Å². The van der Waals surface area contributed by atoms with Crippen molar-refractivity contribution in [1.29, 1.82) is 5.26 Å². The molecule has 1 heterocycles. The molecule has 1 aromatic rings. The molecule has 25 heavy (non-hydrogen) atoms. The lowest BCUT2D eigenvalue weighted by molar-refractivity contribution is -0.138. The first-order valence-corrected chi connectivity index (χ1v) is 9.22. The van der Waals surface area contributed by atoms with E-state index in [1.807, 2.05) is 0 Å². The van der Waals surface area contributed by atoms with E-state index in [1.165, 1.54) is 11.9 Å². The monoisotopic (exact) mass is 369 g/mol. The lowest BCUT2D eigenvalue weighted by Gasteiger charge is -2.38. The van der Waals surface area contributed by atoms with Crippen molar-refractivity contribution in [3.63, 3.8) is 0 Å². The molecule has 9 nitrogen and oxygen atoms in total. The van der Waals surface area contributed by atoms with Crippen LogP contribution in [0.25, 0.3) is 0 Å². The van der Waals surface area contributed by atoms with Crippen molar-refractivity contribution in [2.45, 2.75) is 42.7 Å². The molecule has 10 heteroatoms. The molecule has 0 atom stereocenters. The number of carbonyl (C=O) groups excluding carboxylic acids is 2. The maximum Gasteiger partial charge on any atom is 0.374 e. The van der Waals surface area contributed by atoms with Gasteiger partial charge in [0.2, 0.25) is 10.9 Å². The third-order valence-electron chi connectivity index (χ3n) is 4.29. The van der Waals surface area contributed by atoms with Crippen molar-refractivity contribution < 1.29 is 27.2 Å². The molecular weight excluding hydrogens is 350 g/mol. The molecule has 1 saturated carbocycles. The van der Waals surface area contributed by atoms with Gasteiger partial charge in [0, 0.05) is 7.05 Å². The van der Waals surface area contributed by atoms with Gasteiger partial charge >= 0.3 is 5.97 Å². The van der Waals surface area contributed by atoms with Crippen LogP contribution in [0, 0.1) is 11.3 Å². The number of rotatable bonds is 5. The molecule has 1 fully saturated rings. The number of likely N-dealkylation sites (N-methyl/N-ethyl adjacent to an activating group) is 1. The Labute approximate surface area is 145 Å². The zero-order chi connectivity index (χ0) is 18.7. The van der Waals surface area contributed by atoms with Crippen molar-refractivity contribution in [1.82, 2.24) is 4.90 Å². The second-order valence-electron chi connectivity index (χ2n) is 5.90. The predicted molar refractivity (Wildman–Crippen MR) is 84.6 cm³/mol. The summed E-state index contributed by atoms with van der Waals surface area (Å²) in [5.41, 5.74) is -0.882. The Balaban J connectivity index is 1.98. The normalized spacial score (nSPS) is 16.7. The number of nitriles is 1. The quantitative estimate of drug-likeness (QED) is 0.755. The molecular formula is C15H19N3O6S. The number of nitrogens with two attached hydrogens (primary N) is 1. The SMILES string of the molecule is CN(C(=O)COC(=O)c1ccc(S(N)(=O)=O)o1)C1(C#N)CCCCC1. The van der Waals surface area contributed by atoms with E-state index in [0.29, 0.717) is 12.8 Å². The molecule has 2 rings (SSSR count). The Morgan fingerprint density at radius 3 is 2.52 bits per heavy atom. The zero-order valence-electron chi connectivity index (χ0n) is 13.7. The standard InChI is InChI=1S/C15H19N3O6S/c1-18(15(10-16)7-3-2-4-8-15)12(19)9-23-14(20)11-5-6-13(24-11)25(17,21)22/h5-6H,2-4,7-9H2,1H3,(H2,17,21,22). The van der Waals surface area contributed by atoms with Gasteiger partial charge in [-0.2, -0.15) is 5.26 Å². The molecule has 1 amide bonds. The fourth-order valence-corrected chi connectivity index (χ4v) is 3.24. The van der Waals surface area contributed by atoms with Crippen LogP contribution < -0.4 is 5.14 Å². The summed E-state index contributed by atoms with van der Waals surface area (Å²) in [6.07, 6.45) is 3.89. The van der Waals surface area contributed by atoms with Gasteiger partial charge in [-0.25, -0.2) is 18.4 Å². The molecule has 0 saturated heterocycles. The Bertz CT molecular complexity index is 801. The number of ether oxygens (including phenoxy) is 1. The van der Waals surface area contributed by atoms with Crippen molar-refractivity contribution in [3.8, 4) is 6.07 Å². The fraction of sp³-hybridized carbons (Fsp3) is 0.533. The van der Waals surface area contributed by atoms with Crippen LogP contribution in [-0.2, 0) is 19.6 Å². The largest absolute Gasteiger partial charge is 0.450 e. The molecule has 0 unspecified atom stereocenters. The van der Waals surface area contributed by atoms with E-state index in [-0.39, 0.29) is 5.76 Å². The average Bonchev–Trinajstić information content (AvgIpc) is 3.09. The van der Waals surface area contributed by atoms with Gasteiger partial charge in [-0.05, 0) is 25.0 Å². The summed E-state index contributed by atoms with van der Waals surface area (Å²) in [5, 5.41) is 13.8. The molecule has 0 aliphatic heterocycles. The number of amides is 1. The molecule has 2 N–H and O–H groups in total. The van der Waals surface area contributed by atoms with Crippen molar-refractivity contribution in [2.24, 2.45) is 5.14 Å². The molecule has 0 radical (unpaired) electrons. The van der Waals surface area contributed by atoms with E-state index in [2.05, 4.69) is 6.07 Å². The number of esters is 1. The van der Waals surface area contributed by atoms with E-state index < -0.39 is 39.1 Å². The van der Waals surface area contributed by atoms with E-state index in [1.54, 1.807) is 0 Å². The van der Waals surface area contributed by atoms with E-state index in [9.17, 15) is 23.3 Å². The van der Waals surface area contributed by atoms with E-state index in [0.717, 1.165) is 31.4 Å². The minimum Gasteiger partial charge on any atom is -0.450 e. The minimum atomic E-state index is -4.07. The predicted octanol–water partition coefficient (Wildman–Crippen LogP) is 0.769. The topological polar surface area (TPSA) is 144 Å². The summed E-state index contributed by atoms with van der Waals surface area (Å²) in [7, 11) is -2.56. The van der Waals surface area contributed by atoms with Crippen LogP contribution in [0.15, 0.2) is 21.6 Å². The highest BCUT2D eigenvalue weighted by Crippen LogP contribution is 2.32. The van der Waals surface area contributed by atoms with Crippen LogP contribution in [0.4, 0.5) is 0 Å². The Hall–Kier alpha value is -2.38. The van der Waals surface area contributed by atoms with Gasteiger partial charge in [-0.15, -0.1) is 0 Å². The maximum absolute atomic E-state index is 12.3. The van der Waals surface area contributed by atoms with Crippen molar-refractivity contribution in [2.75, 3.05) is 13.7 Å². The molecule has 1 aliphatic rings. The van der Waals surface area contributed by atoms with Gasteiger partial charge in [0.15, 0.2) is 6.61 Å². The lowest BCUT2D eigenvalue weighted by atomic mass is 9.81. The number of primary sulfonamides is 1. The smallest absolute Gasteiger partial charge is 0.374 e. The molecule has 136 valence electrons. The van der Waals surface area contributed by atoms with Crippen molar-refractivity contribution in [3.05, 3.63) is 17.9 Å². The van der Waals surface area contributed by atoms with E-state index in [4.69, 9.17) is 14.3 Å². The number of hydrogen-bond acceptors (Lipinski definition) is 7. The summed E-state index contributed by atoms with van der Waals surface area (Å²) in [6, 6.07) is 4.31. The van der Waals surface area contributed by atoms with Gasteiger partial charge in [-0.1, -0.05) is 19.3 Å². The van der Waals surface area contributed by atoms with Crippen LogP contribution in [-0.4, -0.2) is 44.4 Å². The molecule has 1 aromatic heterocycles. The Kier molecular flexibility index (Phi) is 5.49. The first-order valence-electron chi connectivity index (χ1n) is 7.67. The number of hydrogen-bond donors (Lipinski definition) is 1. The molecule has 0 bridgehead atoms. The van der Waals surface area contributed by atoms with Gasteiger partial charge in [-0.3, -0.25) is 4.79 Å². The molecule has 1 aliphatic carbocycles. The summed E-state index contributed by atoms with van der Waals surface area (Å²) in [5.74, 6) is -1.89. The number of nitrogens with zero attached hydrogens (tertiary/aromatic N) is 2. The summed E-state index contributed by atoms with van der Waals surface area (Å²) in [6.45, 7) is -0.579. The number of furan rings is 1. The fourth-order valence-electron chi connectivity index (χ4n) is 2.78. The molecule has 0 spiro atoms. The Morgan fingerprint density at radius 1 is 1.36 bits per heavy atom. The van der Waals surface area contributed by atoms with Crippen LogP contribution >= 0.6 is 0 Å². The second kappa shape index (κ2) is 7.25. The van der Waals surface area contributed by atoms with Gasteiger partial charge in [0.25, 0.3) is 15.9 Å². The Morgan fingerprint density at radius 2 is 2.00 bits per heavy atom.